The molecule has 0 spiro atoms. The van der Waals surface area contributed by atoms with Gasteiger partial charge in [0.2, 0.25) is 5.88 Å². The number of hydrogen-bond acceptors (Lipinski definition) is 4. The summed E-state index contributed by atoms with van der Waals surface area (Å²) < 4.78 is 6.04. The zero-order chi connectivity index (χ0) is 31.7. The van der Waals surface area contributed by atoms with Crippen LogP contribution in [0.25, 0.3) is 0 Å². The minimum atomic E-state index is 0.203. The van der Waals surface area contributed by atoms with E-state index in [0.29, 0.717) is 45.8 Å². The first kappa shape index (κ1) is 31.5. The highest BCUT2D eigenvalue weighted by atomic mass is 16.5. The molecule has 4 saturated carbocycles. The van der Waals surface area contributed by atoms with Gasteiger partial charge in [0.15, 0.2) is 0 Å². The average molecular weight is 610 g/mol. The third-order valence-corrected chi connectivity index (χ3v) is 15.7. The van der Waals surface area contributed by atoms with Crippen molar-refractivity contribution in [3.05, 3.63) is 47.2 Å². The molecule has 0 aromatic carbocycles. The molecule has 6 aliphatic carbocycles. The summed E-state index contributed by atoms with van der Waals surface area (Å²) >= 11 is 0. The maximum absolute atomic E-state index is 9.40. The number of nitriles is 1. The van der Waals surface area contributed by atoms with Gasteiger partial charge in [-0.05, 0) is 158 Å². The number of nitrogens with zero attached hydrogens (tertiary/aromatic N) is 2. The monoisotopic (exact) mass is 609 g/mol. The van der Waals surface area contributed by atoms with Crippen LogP contribution in [0.5, 0.6) is 5.88 Å². The third-order valence-electron chi connectivity index (χ3n) is 15.7. The van der Waals surface area contributed by atoms with Gasteiger partial charge in [0.05, 0.1) is 6.61 Å². The van der Waals surface area contributed by atoms with Gasteiger partial charge in [-0.25, -0.2) is 4.98 Å². The minimum absolute atomic E-state index is 0.203. The summed E-state index contributed by atoms with van der Waals surface area (Å²) in [6.07, 6.45) is 24.4. The lowest BCUT2D eigenvalue weighted by Crippen LogP contribution is -2.67. The summed E-state index contributed by atoms with van der Waals surface area (Å²) in [4.78, 5) is 4.30. The summed E-state index contributed by atoms with van der Waals surface area (Å²) in [6.45, 7) is 17.6. The van der Waals surface area contributed by atoms with Crippen LogP contribution in [0.1, 0.15) is 131 Å². The Bertz CT molecular complexity index is 1400. The third kappa shape index (κ3) is 4.63. The standard InChI is InChI=1S/C41H59N3O/c1-7-44-41-20-8-11-33(41)32-16-17-35-38(4)21-18-31(37(2,3)34(38)19-22-40(35,6)39(32,5)23-24-41)29-14-12-28(13-15-29)27-45-36-30(26-42)10-9-25-43-36/h9-10,14,18,25,28,32-35,44H,7-8,11-13,15-17,19-24,27H2,1-6H3/t28-,32+,33+,34?,35?,38-,39+,40+,41-/m0/s1. The van der Waals surface area contributed by atoms with E-state index in [1.54, 1.807) is 29.5 Å². The average Bonchev–Trinajstić information content (AvgIpc) is 3.45. The van der Waals surface area contributed by atoms with Crippen molar-refractivity contribution in [3.8, 4) is 11.9 Å². The second kappa shape index (κ2) is 11.2. The van der Waals surface area contributed by atoms with Crippen molar-refractivity contribution in [2.45, 2.75) is 131 Å². The number of allylic oxidation sites excluding steroid dienone is 4. The molecule has 244 valence electrons. The Labute approximate surface area is 273 Å². The van der Waals surface area contributed by atoms with E-state index < -0.39 is 0 Å². The molecule has 0 aliphatic heterocycles. The molecule has 4 heteroatoms. The first-order chi connectivity index (χ1) is 21.5. The smallest absolute Gasteiger partial charge is 0.231 e. The Balaban J connectivity index is 1.09. The summed E-state index contributed by atoms with van der Waals surface area (Å²) in [5.41, 5.74) is 5.72. The molecule has 4 nitrogen and oxygen atoms in total. The van der Waals surface area contributed by atoms with Gasteiger partial charge >= 0.3 is 0 Å². The molecule has 9 atom stereocenters. The van der Waals surface area contributed by atoms with Gasteiger partial charge in [0.1, 0.15) is 11.6 Å². The van der Waals surface area contributed by atoms with Crippen molar-refractivity contribution in [2.24, 2.45) is 51.2 Å². The van der Waals surface area contributed by atoms with Gasteiger partial charge in [0.25, 0.3) is 0 Å². The van der Waals surface area contributed by atoms with Crippen LogP contribution in [0.2, 0.25) is 0 Å². The van der Waals surface area contributed by atoms with Crippen LogP contribution in [0, 0.1) is 62.6 Å². The van der Waals surface area contributed by atoms with Gasteiger partial charge in [-0.3, -0.25) is 0 Å². The Morgan fingerprint density at radius 1 is 0.933 bits per heavy atom. The lowest BCUT2D eigenvalue weighted by atomic mass is 9.33. The number of hydrogen-bond donors (Lipinski definition) is 1. The summed E-state index contributed by atoms with van der Waals surface area (Å²) in [6, 6.07) is 5.79. The van der Waals surface area contributed by atoms with Crippen LogP contribution in [0.3, 0.4) is 0 Å². The van der Waals surface area contributed by atoms with E-state index in [2.05, 4.69) is 70.1 Å². The van der Waals surface area contributed by atoms with Crippen molar-refractivity contribution in [1.82, 2.24) is 10.3 Å². The zero-order valence-corrected chi connectivity index (χ0v) is 29.2. The number of ether oxygens (including phenoxy) is 1. The highest BCUT2D eigenvalue weighted by Gasteiger charge is 2.69. The number of aromatic nitrogens is 1. The molecule has 4 fully saturated rings. The fourth-order valence-electron chi connectivity index (χ4n) is 13.5. The van der Waals surface area contributed by atoms with E-state index >= 15 is 0 Å². The SMILES string of the molecule is CCN[C@]12CCC[C@@H]1[C@H]1CCC3[C@@]4(C)CC=C(C5=CC[C@H](COc6ncccc6C#N)CC5)C(C)(C)C4CC[C@@]3(C)[C@]1(C)CC2. The number of rotatable bonds is 6. The highest BCUT2D eigenvalue weighted by molar-refractivity contribution is 5.41. The molecule has 0 radical (unpaired) electrons. The van der Waals surface area contributed by atoms with E-state index in [-0.39, 0.29) is 5.41 Å². The van der Waals surface area contributed by atoms with Gasteiger partial charge in [-0.1, -0.05) is 60.1 Å². The lowest BCUT2D eigenvalue weighted by molar-refractivity contribution is -0.218. The Morgan fingerprint density at radius 3 is 2.53 bits per heavy atom. The van der Waals surface area contributed by atoms with E-state index in [9.17, 15) is 5.26 Å². The summed E-state index contributed by atoms with van der Waals surface area (Å²) in [7, 11) is 0. The highest BCUT2D eigenvalue weighted by Crippen LogP contribution is 2.76. The Morgan fingerprint density at radius 2 is 1.78 bits per heavy atom. The van der Waals surface area contributed by atoms with Crippen LogP contribution in [-0.4, -0.2) is 23.7 Å². The van der Waals surface area contributed by atoms with Gasteiger partial charge in [-0.15, -0.1) is 0 Å². The minimum Gasteiger partial charge on any atom is -0.476 e. The quantitative estimate of drug-likeness (QED) is 0.349. The number of nitrogens with one attached hydrogen (secondary N) is 1. The van der Waals surface area contributed by atoms with Crippen molar-refractivity contribution >= 4 is 0 Å². The molecule has 1 heterocycles. The van der Waals surface area contributed by atoms with Crippen molar-refractivity contribution in [3.63, 3.8) is 0 Å². The predicted octanol–water partition coefficient (Wildman–Crippen LogP) is 9.81. The second-order valence-electron chi connectivity index (χ2n) is 17.5. The van der Waals surface area contributed by atoms with E-state index in [4.69, 9.17) is 4.74 Å². The molecular weight excluding hydrogens is 550 g/mol. The first-order valence-electron chi connectivity index (χ1n) is 18.7. The topological polar surface area (TPSA) is 57.9 Å². The number of fused-ring (bicyclic) bond motifs is 7. The van der Waals surface area contributed by atoms with Crippen LogP contribution >= 0.6 is 0 Å². The normalized spacial score (nSPS) is 43.4. The summed E-state index contributed by atoms with van der Waals surface area (Å²) in [5.74, 6) is 4.30. The lowest BCUT2D eigenvalue weighted by Gasteiger charge is -2.72. The fourth-order valence-corrected chi connectivity index (χ4v) is 13.5. The van der Waals surface area contributed by atoms with Crippen LogP contribution in [0.15, 0.2) is 41.6 Å². The second-order valence-corrected chi connectivity index (χ2v) is 17.5. The Kier molecular flexibility index (Phi) is 7.87. The predicted molar refractivity (Wildman–Crippen MR) is 183 cm³/mol. The largest absolute Gasteiger partial charge is 0.476 e. The molecule has 0 amide bonds. The molecule has 1 aromatic heterocycles. The molecular formula is C41H59N3O. The van der Waals surface area contributed by atoms with E-state index in [0.717, 1.165) is 49.5 Å². The molecule has 2 unspecified atom stereocenters. The van der Waals surface area contributed by atoms with Gasteiger partial charge in [-0.2, -0.15) is 5.26 Å². The zero-order valence-electron chi connectivity index (χ0n) is 29.2. The Hall–Kier alpha value is -2.12. The first-order valence-corrected chi connectivity index (χ1v) is 18.7. The van der Waals surface area contributed by atoms with Crippen molar-refractivity contribution in [2.75, 3.05) is 13.2 Å². The number of pyridine rings is 1. The van der Waals surface area contributed by atoms with Crippen LogP contribution in [-0.2, 0) is 0 Å². The molecule has 1 aromatic rings. The van der Waals surface area contributed by atoms with Crippen molar-refractivity contribution < 1.29 is 4.74 Å². The maximum Gasteiger partial charge on any atom is 0.231 e. The molecule has 7 rings (SSSR count). The van der Waals surface area contributed by atoms with Gasteiger partial charge < -0.3 is 10.1 Å². The van der Waals surface area contributed by atoms with E-state index in [1.165, 1.54) is 64.2 Å². The van der Waals surface area contributed by atoms with Crippen LogP contribution in [0.4, 0.5) is 0 Å². The molecule has 0 saturated heterocycles. The summed E-state index contributed by atoms with van der Waals surface area (Å²) in [5, 5.41) is 13.5. The molecule has 45 heavy (non-hydrogen) atoms. The molecule has 0 bridgehead atoms. The van der Waals surface area contributed by atoms with E-state index in [1.807, 2.05) is 0 Å². The fraction of sp³-hybridized carbons (Fsp3) is 0.756. The van der Waals surface area contributed by atoms with Crippen molar-refractivity contribution in [1.29, 1.82) is 5.26 Å². The van der Waals surface area contributed by atoms with Gasteiger partial charge in [0, 0.05) is 11.7 Å². The maximum atomic E-state index is 9.40. The van der Waals surface area contributed by atoms with Crippen LogP contribution < -0.4 is 10.1 Å². The molecule has 1 N–H and O–H groups in total. The molecule has 6 aliphatic rings.